The predicted octanol–water partition coefficient (Wildman–Crippen LogP) is 4.39. The molecule has 5 rings (SSSR count). The Morgan fingerprint density at radius 1 is 1.08 bits per heavy atom. The summed E-state index contributed by atoms with van der Waals surface area (Å²) in [5.74, 6) is -0.599. The number of rotatable bonds is 4. The highest BCUT2D eigenvalue weighted by Gasteiger charge is 2.65. The molecule has 3 fully saturated rings. The Balaban J connectivity index is 1.53. The summed E-state index contributed by atoms with van der Waals surface area (Å²) in [6.07, 6.45) is 3.35. The summed E-state index contributed by atoms with van der Waals surface area (Å²) >= 11 is 12.4. The fourth-order valence-electron chi connectivity index (χ4n) is 6.28. The molecule has 2 atom stereocenters. The lowest BCUT2D eigenvalue weighted by atomic mass is 9.80. The fourth-order valence-corrected chi connectivity index (χ4v) is 6.79. The van der Waals surface area contributed by atoms with Crippen molar-refractivity contribution >= 4 is 46.7 Å². The highest BCUT2D eigenvalue weighted by molar-refractivity contribution is 6.35. The molecule has 2 saturated heterocycles. The van der Waals surface area contributed by atoms with Crippen LogP contribution in [0.5, 0.6) is 0 Å². The topological polar surface area (TPSA) is 111 Å². The van der Waals surface area contributed by atoms with Crippen molar-refractivity contribution in [3.63, 3.8) is 0 Å². The van der Waals surface area contributed by atoms with Crippen molar-refractivity contribution in [2.75, 3.05) is 31.6 Å². The first-order valence-electron chi connectivity index (χ1n) is 12.8. The van der Waals surface area contributed by atoms with Crippen LogP contribution in [0.2, 0.25) is 10.0 Å². The van der Waals surface area contributed by atoms with Crippen LogP contribution >= 0.6 is 23.2 Å². The van der Waals surface area contributed by atoms with Gasteiger partial charge in [0.05, 0.1) is 23.9 Å². The molecular weight excluding hydrogens is 525 g/mol. The van der Waals surface area contributed by atoms with Gasteiger partial charge in [0.1, 0.15) is 5.54 Å². The number of anilines is 1. The van der Waals surface area contributed by atoms with Crippen LogP contribution in [0.1, 0.15) is 42.7 Å². The van der Waals surface area contributed by atoms with Gasteiger partial charge in [-0.25, -0.2) is 9.69 Å². The van der Waals surface area contributed by atoms with Crippen LogP contribution in [0.4, 0.5) is 10.5 Å². The predicted molar refractivity (Wildman–Crippen MR) is 145 cm³/mol. The number of carbonyl (C=O) groups is 3. The summed E-state index contributed by atoms with van der Waals surface area (Å²) in [5, 5.41) is 9.88. The quantitative estimate of drug-likeness (QED) is 0.564. The molecule has 2 aromatic rings. The summed E-state index contributed by atoms with van der Waals surface area (Å²) in [7, 11) is 1.60. The third-order valence-electron chi connectivity index (χ3n) is 8.45. The molecule has 4 amide bonds. The number of nitriles is 1. The summed E-state index contributed by atoms with van der Waals surface area (Å²) in [6.45, 7) is 0.994. The normalized spacial score (nSPS) is 27.3. The average Bonchev–Trinajstić information content (AvgIpc) is 3.41. The molecule has 1 aliphatic carbocycles. The smallest absolute Gasteiger partial charge is 0.332 e. The van der Waals surface area contributed by atoms with E-state index in [0.717, 1.165) is 36.1 Å². The number of urea groups is 1. The molecule has 2 heterocycles. The minimum absolute atomic E-state index is 0.00823. The van der Waals surface area contributed by atoms with Crippen LogP contribution < -0.4 is 10.6 Å². The van der Waals surface area contributed by atoms with Crippen molar-refractivity contribution in [2.45, 2.75) is 37.1 Å². The lowest BCUT2D eigenvalue weighted by Gasteiger charge is -2.34. The van der Waals surface area contributed by atoms with Crippen molar-refractivity contribution in [2.24, 2.45) is 17.6 Å². The number of benzene rings is 2. The second kappa shape index (κ2) is 10.2. The minimum atomic E-state index is -1.32. The molecule has 8 nitrogen and oxygen atoms in total. The molecular formula is C28H29Cl2N5O3. The molecule has 2 unspecified atom stereocenters. The van der Waals surface area contributed by atoms with Gasteiger partial charge >= 0.3 is 6.03 Å². The second-order valence-electron chi connectivity index (χ2n) is 10.5. The first kappa shape index (κ1) is 26.5. The summed E-state index contributed by atoms with van der Waals surface area (Å²) in [6, 6.07) is 13.2. The average molecular weight is 554 g/mol. The van der Waals surface area contributed by atoms with Gasteiger partial charge in [0.2, 0.25) is 5.91 Å². The van der Waals surface area contributed by atoms with E-state index in [1.54, 1.807) is 36.2 Å². The molecule has 2 aliphatic heterocycles. The van der Waals surface area contributed by atoms with E-state index in [0.29, 0.717) is 28.1 Å². The van der Waals surface area contributed by atoms with Gasteiger partial charge in [-0.1, -0.05) is 35.3 Å². The van der Waals surface area contributed by atoms with Crippen LogP contribution in [-0.2, 0) is 9.59 Å². The third-order valence-corrected chi connectivity index (χ3v) is 8.89. The first-order valence-corrected chi connectivity index (χ1v) is 13.5. The van der Waals surface area contributed by atoms with Gasteiger partial charge in [-0.05, 0) is 74.0 Å². The van der Waals surface area contributed by atoms with Crippen molar-refractivity contribution in [3.8, 4) is 6.07 Å². The fraction of sp³-hybridized carbons (Fsp3) is 0.429. The van der Waals surface area contributed by atoms with E-state index < -0.39 is 23.4 Å². The summed E-state index contributed by atoms with van der Waals surface area (Å²) < 4.78 is 0. The zero-order valence-corrected chi connectivity index (χ0v) is 22.6. The molecule has 10 heteroatoms. The Kier molecular flexibility index (Phi) is 7.12. The number of halogens is 2. The van der Waals surface area contributed by atoms with Crippen LogP contribution in [0.15, 0.2) is 42.5 Å². The highest BCUT2D eigenvalue weighted by atomic mass is 35.5. The molecule has 0 bridgehead atoms. The molecule has 1 saturated carbocycles. The molecule has 0 aromatic heterocycles. The van der Waals surface area contributed by atoms with Crippen LogP contribution in [0.3, 0.4) is 0 Å². The van der Waals surface area contributed by atoms with Crippen molar-refractivity contribution in [1.29, 1.82) is 5.26 Å². The molecule has 2 aromatic carbocycles. The molecule has 1 spiro atoms. The van der Waals surface area contributed by atoms with Crippen LogP contribution in [0, 0.1) is 23.2 Å². The van der Waals surface area contributed by atoms with E-state index in [1.165, 1.54) is 23.1 Å². The number of amides is 4. The second-order valence-corrected chi connectivity index (χ2v) is 11.4. The number of carbonyl (C=O) groups excluding carboxylic acids is 3. The molecule has 198 valence electrons. The van der Waals surface area contributed by atoms with E-state index in [4.69, 9.17) is 28.9 Å². The Morgan fingerprint density at radius 2 is 1.71 bits per heavy atom. The van der Waals surface area contributed by atoms with Gasteiger partial charge in [0, 0.05) is 35.5 Å². The largest absolute Gasteiger partial charge is 0.339 e. The van der Waals surface area contributed by atoms with Crippen molar-refractivity contribution in [3.05, 3.63) is 63.6 Å². The number of hydrogen-bond acceptors (Lipinski definition) is 5. The van der Waals surface area contributed by atoms with Gasteiger partial charge < -0.3 is 15.5 Å². The van der Waals surface area contributed by atoms with E-state index in [1.807, 2.05) is 0 Å². The van der Waals surface area contributed by atoms with Crippen molar-refractivity contribution in [1.82, 2.24) is 9.80 Å². The van der Waals surface area contributed by atoms with Crippen LogP contribution in [-0.4, -0.2) is 59.9 Å². The summed E-state index contributed by atoms with van der Waals surface area (Å²) in [5.41, 5.74) is 6.08. The molecule has 3 aliphatic rings. The number of likely N-dealkylation sites (N-methyl/N-ethyl adjacent to an activating group) is 1. The maximum atomic E-state index is 14.3. The number of imide groups is 1. The lowest BCUT2D eigenvalue weighted by molar-refractivity contribution is -0.136. The maximum Gasteiger partial charge on any atom is 0.332 e. The Morgan fingerprint density at radius 3 is 2.29 bits per heavy atom. The van der Waals surface area contributed by atoms with Gasteiger partial charge in [-0.2, -0.15) is 5.26 Å². The first-order chi connectivity index (χ1) is 18.2. The van der Waals surface area contributed by atoms with E-state index in [9.17, 15) is 19.6 Å². The maximum absolute atomic E-state index is 14.3. The van der Waals surface area contributed by atoms with E-state index in [2.05, 4.69) is 6.07 Å². The van der Waals surface area contributed by atoms with E-state index >= 15 is 0 Å². The number of nitrogens with two attached hydrogens (primary N) is 1. The lowest BCUT2D eigenvalue weighted by Crippen LogP contribution is -2.54. The number of nitrogens with zero attached hydrogens (tertiary/aromatic N) is 4. The third kappa shape index (κ3) is 4.33. The SMILES string of the molecule is CN1C(=O)N(c2cc(Cl)cc(Cl)c2)C(=O)C12CN(C(=O)C1CCC(CN)CC1)CC2c1ccc(C#N)cc1. The Hall–Kier alpha value is -3.12. The Bertz CT molecular complexity index is 1300. The Labute approximate surface area is 231 Å². The van der Waals surface area contributed by atoms with Gasteiger partial charge in [0.25, 0.3) is 5.91 Å². The number of hydrogen-bond donors (Lipinski definition) is 1. The van der Waals surface area contributed by atoms with E-state index in [-0.39, 0.29) is 30.6 Å². The highest BCUT2D eigenvalue weighted by Crippen LogP contribution is 2.47. The van der Waals surface area contributed by atoms with Crippen LogP contribution in [0.25, 0.3) is 0 Å². The van der Waals surface area contributed by atoms with Gasteiger partial charge in [-0.3, -0.25) is 9.59 Å². The number of likely N-dealkylation sites (tertiary alicyclic amines) is 1. The summed E-state index contributed by atoms with van der Waals surface area (Å²) in [4.78, 5) is 45.9. The molecule has 38 heavy (non-hydrogen) atoms. The van der Waals surface area contributed by atoms with Gasteiger partial charge in [0.15, 0.2) is 0 Å². The van der Waals surface area contributed by atoms with Gasteiger partial charge in [-0.15, -0.1) is 0 Å². The van der Waals surface area contributed by atoms with Crippen molar-refractivity contribution < 1.29 is 14.4 Å². The minimum Gasteiger partial charge on any atom is -0.339 e. The monoisotopic (exact) mass is 553 g/mol. The zero-order chi connectivity index (χ0) is 27.2. The zero-order valence-electron chi connectivity index (χ0n) is 21.1. The molecule has 0 radical (unpaired) electrons. The molecule has 2 N–H and O–H groups in total. The standard InChI is InChI=1S/C28H29Cl2N5O3/c1-33-27(38)35(23-11-21(29)10-22(30)12-23)26(37)28(33)16-34(25(36)20-8-4-18(14-32)5-9-20)15-24(28)19-6-2-17(13-31)3-7-19/h2-3,6-7,10-12,18,20,24H,4-5,8-9,14-16,32H2,1H3.